The zero-order valence-electron chi connectivity index (χ0n) is 12.7. The molecule has 3 N–H and O–H groups in total. The molecule has 0 spiro atoms. The van der Waals surface area contributed by atoms with E-state index in [1.807, 2.05) is 6.92 Å². The number of nitrogens with zero attached hydrogens (tertiary/aromatic N) is 1. The second-order valence-electron chi connectivity index (χ2n) is 5.17. The summed E-state index contributed by atoms with van der Waals surface area (Å²) < 4.78 is 0. The second kappa shape index (κ2) is 8.19. The van der Waals surface area contributed by atoms with Crippen LogP contribution in [0.4, 0.5) is 0 Å². The average molecular weight is 313 g/mol. The molecule has 1 heterocycles. The lowest BCUT2D eigenvalue weighted by Crippen LogP contribution is -2.49. The fraction of sp³-hybridized carbons (Fsp3) is 0.643. The number of aromatic amines is 1. The molecule has 0 aliphatic rings. The van der Waals surface area contributed by atoms with Gasteiger partial charge in [-0.25, -0.2) is 4.98 Å². The molecule has 0 aliphatic heterocycles. The van der Waals surface area contributed by atoms with Crippen LogP contribution in [0.1, 0.15) is 38.8 Å². The zero-order valence-corrected chi connectivity index (χ0v) is 13.5. The predicted octanol–water partition coefficient (Wildman–Crippen LogP) is 1.79. The monoisotopic (exact) mass is 313 g/mol. The van der Waals surface area contributed by atoms with Gasteiger partial charge in [-0.2, -0.15) is 0 Å². The summed E-state index contributed by atoms with van der Waals surface area (Å²) in [4.78, 5) is 29.5. The van der Waals surface area contributed by atoms with Gasteiger partial charge in [0.25, 0.3) is 5.56 Å². The van der Waals surface area contributed by atoms with Gasteiger partial charge in [-0.1, -0.05) is 25.1 Å². The van der Waals surface area contributed by atoms with Crippen molar-refractivity contribution in [2.45, 2.75) is 50.7 Å². The normalized spacial score (nSPS) is 13.9. The maximum absolute atomic E-state index is 11.3. The Kier molecular flexibility index (Phi) is 6.91. The molecular weight excluding hydrogens is 290 g/mol. The van der Waals surface area contributed by atoms with Gasteiger partial charge in [0.15, 0.2) is 5.16 Å². The van der Waals surface area contributed by atoms with Crippen molar-refractivity contribution >= 4 is 17.7 Å². The molecule has 0 fully saturated rings. The first kappa shape index (κ1) is 17.7. The SMILES string of the molecule is CCNC(C)(CCCCSc1nc(C)cc(=O)[nH]1)C(=O)O. The summed E-state index contributed by atoms with van der Waals surface area (Å²) in [5.41, 5.74) is -0.308. The first-order valence-corrected chi connectivity index (χ1v) is 8.05. The standard InChI is InChI=1S/C14H23N3O3S/c1-4-15-14(3,12(19)20)7-5-6-8-21-13-16-10(2)9-11(18)17-13/h9,15H,4-8H2,1-3H3,(H,19,20)(H,16,17,18). The number of aromatic nitrogens is 2. The smallest absolute Gasteiger partial charge is 0.323 e. The van der Waals surface area contributed by atoms with Gasteiger partial charge < -0.3 is 15.4 Å². The molecule has 0 amide bonds. The third-order valence-electron chi connectivity index (χ3n) is 3.20. The molecule has 0 aromatic carbocycles. The van der Waals surface area contributed by atoms with E-state index in [2.05, 4.69) is 15.3 Å². The van der Waals surface area contributed by atoms with Crippen LogP contribution in [0.3, 0.4) is 0 Å². The van der Waals surface area contributed by atoms with Crippen LogP contribution in [0.25, 0.3) is 0 Å². The molecule has 21 heavy (non-hydrogen) atoms. The van der Waals surface area contributed by atoms with Gasteiger partial charge in [0.1, 0.15) is 5.54 Å². The van der Waals surface area contributed by atoms with Gasteiger partial charge in [-0.3, -0.25) is 9.59 Å². The summed E-state index contributed by atoms with van der Waals surface area (Å²) in [5, 5.41) is 12.9. The van der Waals surface area contributed by atoms with E-state index in [0.29, 0.717) is 23.8 Å². The third kappa shape index (κ3) is 5.89. The van der Waals surface area contributed by atoms with E-state index in [1.54, 1.807) is 13.8 Å². The lowest BCUT2D eigenvalue weighted by Gasteiger charge is -2.25. The molecule has 0 saturated heterocycles. The van der Waals surface area contributed by atoms with Gasteiger partial charge in [-0.05, 0) is 33.2 Å². The third-order valence-corrected chi connectivity index (χ3v) is 4.16. The van der Waals surface area contributed by atoms with Crippen molar-refractivity contribution in [2.24, 2.45) is 0 Å². The van der Waals surface area contributed by atoms with Crippen LogP contribution in [-0.2, 0) is 4.79 Å². The largest absolute Gasteiger partial charge is 0.480 e. The Morgan fingerprint density at radius 3 is 2.81 bits per heavy atom. The number of unbranched alkanes of at least 4 members (excludes halogenated alkanes) is 1. The Labute approximate surface area is 128 Å². The van der Waals surface area contributed by atoms with Gasteiger partial charge in [-0.15, -0.1) is 0 Å². The predicted molar refractivity (Wildman–Crippen MR) is 83.9 cm³/mol. The minimum absolute atomic E-state index is 0.143. The quantitative estimate of drug-likeness (QED) is 0.365. The Morgan fingerprint density at radius 2 is 2.24 bits per heavy atom. The molecule has 6 nitrogen and oxygen atoms in total. The number of H-pyrrole nitrogens is 1. The number of thioether (sulfide) groups is 1. The van der Waals surface area contributed by atoms with E-state index in [-0.39, 0.29) is 5.56 Å². The number of carboxylic acids is 1. The highest BCUT2D eigenvalue weighted by atomic mass is 32.2. The van der Waals surface area contributed by atoms with Crippen LogP contribution < -0.4 is 10.9 Å². The van der Waals surface area contributed by atoms with Crippen molar-refractivity contribution in [3.63, 3.8) is 0 Å². The highest BCUT2D eigenvalue weighted by Gasteiger charge is 2.30. The molecule has 0 bridgehead atoms. The molecule has 1 rings (SSSR count). The highest BCUT2D eigenvalue weighted by molar-refractivity contribution is 7.99. The molecule has 7 heteroatoms. The number of carbonyl (C=O) groups is 1. The average Bonchev–Trinajstić information content (AvgIpc) is 2.37. The summed E-state index contributed by atoms with van der Waals surface area (Å²) in [5.74, 6) is -0.0181. The maximum Gasteiger partial charge on any atom is 0.323 e. The Morgan fingerprint density at radius 1 is 1.52 bits per heavy atom. The van der Waals surface area contributed by atoms with Crippen molar-refractivity contribution in [3.05, 3.63) is 22.1 Å². The van der Waals surface area contributed by atoms with E-state index in [4.69, 9.17) is 0 Å². The molecule has 0 saturated carbocycles. The molecule has 1 unspecified atom stereocenters. The Hall–Kier alpha value is -1.34. The summed E-state index contributed by atoms with van der Waals surface area (Å²) in [6, 6.07) is 1.46. The first-order chi connectivity index (χ1) is 9.87. The van der Waals surface area contributed by atoms with Gasteiger partial charge in [0, 0.05) is 17.5 Å². The fourth-order valence-electron chi connectivity index (χ4n) is 2.03. The second-order valence-corrected chi connectivity index (χ2v) is 6.25. The molecule has 118 valence electrons. The van der Waals surface area contributed by atoms with Crippen LogP contribution >= 0.6 is 11.8 Å². The van der Waals surface area contributed by atoms with E-state index >= 15 is 0 Å². The summed E-state index contributed by atoms with van der Waals surface area (Å²) >= 11 is 1.49. The number of hydrogen-bond acceptors (Lipinski definition) is 5. The number of rotatable bonds is 9. The maximum atomic E-state index is 11.3. The molecular formula is C14H23N3O3S. The summed E-state index contributed by atoms with van der Waals surface area (Å²) in [6.45, 7) is 6.03. The summed E-state index contributed by atoms with van der Waals surface area (Å²) in [7, 11) is 0. The topological polar surface area (TPSA) is 95.1 Å². The lowest BCUT2D eigenvalue weighted by molar-refractivity contribution is -0.144. The van der Waals surface area contributed by atoms with Crippen molar-refractivity contribution in [1.29, 1.82) is 0 Å². The van der Waals surface area contributed by atoms with Gasteiger partial charge >= 0.3 is 5.97 Å². The first-order valence-electron chi connectivity index (χ1n) is 7.06. The van der Waals surface area contributed by atoms with Crippen LogP contribution in [0.5, 0.6) is 0 Å². The van der Waals surface area contributed by atoms with E-state index in [1.165, 1.54) is 17.8 Å². The number of hydrogen-bond donors (Lipinski definition) is 3. The van der Waals surface area contributed by atoms with Crippen molar-refractivity contribution in [2.75, 3.05) is 12.3 Å². The molecule has 0 aliphatic carbocycles. The number of carboxylic acid groups (broad SMARTS) is 1. The minimum atomic E-state index is -0.866. The zero-order chi connectivity index (χ0) is 15.9. The fourth-order valence-corrected chi connectivity index (χ4v) is 2.95. The number of aryl methyl sites for hydroxylation is 1. The van der Waals surface area contributed by atoms with Crippen LogP contribution in [0.2, 0.25) is 0 Å². The molecule has 1 aromatic rings. The van der Waals surface area contributed by atoms with Crippen LogP contribution in [0.15, 0.2) is 16.0 Å². The number of likely N-dealkylation sites (N-methyl/N-ethyl adjacent to an activating group) is 1. The minimum Gasteiger partial charge on any atom is -0.480 e. The van der Waals surface area contributed by atoms with Crippen molar-refractivity contribution in [3.8, 4) is 0 Å². The number of nitrogens with one attached hydrogen (secondary N) is 2. The van der Waals surface area contributed by atoms with Crippen LogP contribution in [-0.4, -0.2) is 38.9 Å². The molecule has 1 aromatic heterocycles. The van der Waals surface area contributed by atoms with Crippen molar-refractivity contribution < 1.29 is 9.90 Å². The van der Waals surface area contributed by atoms with Gasteiger partial charge in [0.2, 0.25) is 0 Å². The van der Waals surface area contributed by atoms with E-state index in [9.17, 15) is 14.7 Å². The molecule has 1 atom stereocenters. The highest BCUT2D eigenvalue weighted by Crippen LogP contribution is 2.18. The summed E-state index contributed by atoms with van der Waals surface area (Å²) in [6.07, 6.45) is 2.25. The lowest BCUT2D eigenvalue weighted by atomic mass is 9.95. The van der Waals surface area contributed by atoms with Crippen LogP contribution in [0, 0.1) is 6.92 Å². The Balaban J connectivity index is 2.37. The van der Waals surface area contributed by atoms with Gasteiger partial charge in [0.05, 0.1) is 0 Å². The Bertz CT molecular complexity index is 532. The van der Waals surface area contributed by atoms with Crippen molar-refractivity contribution in [1.82, 2.24) is 15.3 Å². The number of aliphatic carboxylic acids is 1. The van der Waals surface area contributed by atoms with E-state index < -0.39 is 11.5 Å². The van der Waals surface area contributed by atoms with E-state index in [0.717, 1.165) is 18.6 Å². The molecule has 0 radical (unpaired) electrons.